The first-order valence-electron chi connectivity index (χ1n) is 7.14. The summed E-state index contributed by atoms with van der Waals surface area (Å²) in [7, 11) is 0. The van der Waals surface area contributed by atoms with Gasteiger partial charge in [-0.25, -0.2) is 4.98 Å². The maximum atomic E-state index is 11.5. The van der Waals surface area contributed by atoms with E-state index in [0.29, 0.717) is 10.5 Å². The third-order valence-electron chi connectivity index (χ3n) is 2.99. The Kier molecular flexibility index (Phi) is 4.13. The molecule has 0 N–H and O–H groups in total. The van der Waals surface area contributed by atoms with Crippen LogP contribution in [0.1, 0.15) is 25.8 Å². The normalized spacial score (nSPS) is 10.9. The van der Waals surface area contributed by atoms with Crippen LogP contribution in [0.15, 0.2) is 6.07 Å². The van der Waals surface area contributed by atoms with Crippen LogP contribution in [0.5, 0.6) is 17.2 Å². The number of benzene rings is 1. The number of aryl methyl sites for hydroxylation is 1. The zero-order valence-electron chi connectivity index (χ0n) is 13.8. The summed E-state index contributed by atoms with van der Waals surface area (Å²) in [6, 6.07) is 1.30. The van der Waals surface area contributed by atoms with Crippen LogP contribution >= 0.6 is 11.3 Å². The molecule has 2 aromatic heterocycles. The fourth-order valence-electron chi connectivity index (χ4n) is 2.30. The number of rotatable bonds is 3. The van der Waals surface area contributed by atoms with Crippen LogP contribution in [0, 0.1) is 6.92 Å². The molecule has 0 aliphatic rings. The smallest absolute Gasteiger partial charge is 0.308 e. The molecule has 0 saturated heterocycles. The number of carbonyl (C=O) groups is 3. The van der Waals surface area contributed by atoms with Crippen molar-refractivity contribution in [3.05, 3.63) is 11.1 Å². The Labute approximate surface area is 145 Å². The summed E-state index contributed by atoms with van der Waals surface area (Å²) in [4.78, 5) is 39.2. The number of carbonyl (C=O) groups excluding carboxylic acids is 3. The number of aromatic nitrogens is 3. The second-order valence-electron chi connectivity index (χ2n) is 5.11. The van der Waals surface area contributed by atoms with Crippen LogP contribution in [-0.2, 0) is 14.4 Å². The van der Waals surface area contributed by atoms with Gasteiger partial charge in [0.25, 0.3) is 0 Å². The van der Waals surface area contributed by atoms with Crippen molar-refractivity contribution in [3.63, 3.8) is 0 Å². The average Bonchev–Trinajstić information content (AvgIpc) is 2.97. The zero-order chi connectivity index (χ0) is 18.3. The summed E-state index contributed by atoms with van der Waals surface area (Å²) in [5.41, 5.74) is 0.533. The van der Waals surface area contributed by atoms with Gasteiger partial charge < -0.3 is 14.2 Å². The molecule has 0 aliphatic carbocycles. The number of imidazole rings is 1. The highest BCUT2D eigenvalue weighted by Crippen LogP contribution is 2.42. The highest BCUT2D eigenvalue weighted by atomic mass is 32.1. The zero-order valence-corrected chi connectivity index (χ0v) is 14.6. The van der Waals surface area contributed by atoms with Crippen LogP contribution < -0.4 is 14.2 Å². The second-order valence-corrected chi connectivity index (χ2v) is 6.27. The molecule has 0 bridgehead atoms. The van der Waals surface area contributed by atoms with E-state index in [4.69, 9.17) is 14.2 Å². The van der Waals surface area contributed by atoms with Crippen molar-refractivity contribution < 1.29 is 28.6 Å². The predicted molar refractivity (Wildman–Crippen MR) is 87.0 cm³/mol. The molecule has 0 fully saturated rings. The Hall–Kier alpha value is -3.01. The van der Waals surface area contributed by atoms with Crippen LogP contribution in [0.4, 0.5) is 0 Å². The van der Waals surface area contributed by atoms with Gasteiger partial charge in [-0.05, 0) is 6.92 Å². The summed E-state index contributed by atoms with van der Waals surface area (Å²) < 4.78 is 17.0. The molecule has 1 aromatic carbocycles. The van der Waals surface area contributed by atoms with Gasteiger partial charge in [0.15, 0.2) is 11.5 Å². The van der Waals surface area contributed by atoms with Crippen molar-refractivity contribution in [3.8, 4) is 17.2 Å². The SMILES string of the molecule is CC(=O)Oc1cc(OC(C)=O)c2c(nc3sc(C)nn32)c1OC(C)=O. The summed E-state index contributed by atoms with van der Waals surface area (Å²) in [5, 5.41) is 5.06. The summed E-state index contributed by atoms with van der Waals surface area (Å²) >= 11 is 1.30. The maximum Gasteiger partial charge on any atom is 0.308 e. The molecular formula is C15H13N3O6S. The van der Waals surface area contributed by atoms with E-state index in [1.165, 1.54) is 42.7 Å². The van der Waals surface area contributed by atoms with E-state index in [1.807, 2.05) is 0 Å². The first kappa shape index (κ1) is 16.8. The largest absolute Gasteiger partial charge is 0.424 e. The molecule has 0 saturated carbocycles. The molecule has 0 atom stereocenters. The van der Waals surface area contributed by atoms with Gasteiger partial charge in [0.05, 0.1) is 0 Å². The van der Waals surface area contributed by atoms with Gasteiger partial charge in [-0.3, -0.25) is 14.4 Å². The van der Waals surface area contributed by atoms with Gasteiger partial charge in [-0.1, -0.05) is 11.3 Å². The lowest BCUT2D eigenvalue weighted by atomic mass is 10.2. The maximum absolute atomic E-state index is 11.5. The highest BCUT2D eigenvalue weighted by Gasteiger charge is 2.25. The van der Waals surface area contributed by atoms with Gasteiger partial charge >= 0.3 is 17.9 Å². The van der Waals surface area contributed by atoms with E-state index in [2.05, 4.69) is 10.1 Å². The van der Waals surface area contributed by atoms with Crippen LogP contribution in [-0.4, -0.2) is 32.5 Å². The quantitative estimate of drug-likeness (QED) is 0.514. The number of hydrogen-bond donors (Lipinski definition) is 0. The first-order valence-corrected chi connectivity index (χ1v) is 7.96. The van der Waals surface area contributed by atoms with Gasteiger partial charge in [-0.2, -0.15) is 9.61 Å². The summed E-state index contributed by atoms with van der Waals surface area (Å²) in [6.07, 6.45) is 0. The Bertz CT molecular complexity index is 1040. The molecule has 0 spiro atoms. The fourth-order valence-corrected chi connectivity index (χ4v) is 3.04. The molecular weight excluding hydrogens is 350 g/mol. The lowest BCUT2D eigenvalue weighted by molar-refractivity contribution is -0.134. The molecule has 2 heterocycles. The van der Waals surface area contributed by atoms with Crippen LogP contribution in [0.3, 0.4) is 0 Å². The third kappa shape index (κ3) is 3.15. The van der Waals surface area contributed by atoms with E-state index in [0.717, 1.165) is 5.01 Å². The molecule has 3 rings (SSSR count). The van der Waals surface area contributed by atoms with Crippen molar-refractivity contribution in [1.82, 2.24) is 14.6 Å². The molecule has 3 aromatic rings. The van der Waals surface area contributed by atoms with E-state index >= 15 is 0 Å². The van der Waals surface area contributed by atoms with E-state index in [9.17, 15) is 14.4 Å². The Morgan fingerprint density at radius 2 is 1.60 bits per heavy atom. The monoisotopic (exact) mass is 363 g/mol. The Morgan fingerprint density at radius 1 is 1.00 bits per heavy atom. The second kappa shape index (κ2) is 6.13. The molecule has 0 aliphatic heterocycles. The minimum absolute atomic E-state index is 0.0380. The fraction of sp³-hybridized carbons (Fsp3) is 0.267. The van der Waals surface area contributed by atoms with Gasteiger partial charge in [0.2, 0.25) is 10.7 Å². The highest BCUT2D eigenvalue weighted by molar-refractivity contribution is 7.16. The molecule has 0 amide bonds. The predicted octanol–water partition coefficient (Wildman–Crippen LogP) is 2.03. The van der Waals surface area contributed by atoms with E-state index in [-0.39, 0.29) is 22.8 Å². The Balaban J connectivity index is 2.39. The van der Waals surface area contributed by atoms with Crippen molar-refractivity contribution in [2.75, 3.05) is 0 Å². The minimum Gasteiger partial charge on any atom is -0.424 e. The molecule has 10 heteroatoms. The van der Waals surface area contributed by atoms with Crippen molar-refractivity contribution in [2.45, 2.75) is 27.7 Å². The lowest BCUT2D eigenvalue weighted by Gasteiger charge is -2.12. The van der Waals surface area contributed by atoms with Crippen LogP contribution in [0.2, 0.25) is 0 Å². The summed E-state index contributed by atoms with van der Waals surface area (Å²) in [6.45, 7) is 5.45. The van der Waals surface area contributed by atoms with Crippen molar-refractivity contribution >= 4 is 45.2 Å². The first-order chi connectivity index (χ1) is 11.8. The van der Waals surface area contributed by atoms with Crippen molar-refractivity contribution in [1.29, 1.82) is 0 Å². The molecule has 0 radical (unpaired) electrons. The number of fused-ring (bicyclic) bond motifs is 3. The molecule has 9 nitrogen and oxygen atoms in total. The van der Waals surface area contributed by atoms with Gasteiger partial charge in [0.1, 0.15) is 16.0 Å². The molecule has 130 valence electrons. The standard InChI is InChI=1S/C15H13N3O6S/c1-6-17-18-13-10(22-7(2)19)5-11(23-8(3)20)14(24-9(4)21)12(13)16-15(18)25-6/h5H,1-4H3. The van der Waals surface area contributed by atoms with E-state index < -0.39 is 17.9 Å². The van der Waals surface area contributed by atoms with Gasteiger partial charge in [-0.15, -0.1) is 0 Å². The Morgan fingerprint density at radius 3 is 2.20 bits per heavy atom. The average molecular weight is 363 g/mol. The van der Waals surface area contributed by atoms with Crippen LogP contribution in [0.25, 0.3) is 16.0 Å². The number of nitrogens with zero attached hydrogens (tertiary/aromatic N) is 3. The van der Waals surface area contributed by atoms with Crippen molar-refractivity contribution in [2.24, 2.45) is 0 Å². The number of esters is 3. The number of hydrogen-bond acceptors (Lipinski definition) is 9. The minimum atomic E-state index is -0.628. The summed E-state index contributed by atoms with van der Waals surface area (Å²) in [5.74, 6) is -1.84. The third-order valence-corrected chi connectivity index (χ3v) is 3.82. The van der Waals surface area contributed by atoms with Gasteiger partial charge in [0, 0.05) is 26.8 Å². The topological polar surface area (TPSA) is 109 Å². The molecule has 0 unspecified atom stereocenters. The van der Waals surface area contributed by atoms with E-state index in [1.54, 1.807) is 6.92 Å². The lowest BCUT2D eigenvalue weighted by Crippen LogP contribution is -2.09. The molecule has 25 heavy (non-hydrogen) atoms. The number of ether oxygens (including phenoxy) is 3.